The van der Waals surface area contributed by atoms with Crippen LogP contribution in [-0.2, 0) is 0 Å². The molecule has 0 saturated carbocycles. The first-order valence-corrected chi connectivity index (χ1v) is 12.5. The minimum atomic E-state index is -0.142. The lowest BCUT2D eigenvalue weighted by atomic mass is 9.99. The molecule has 5 rings (SSSR count). The monoisotopic (exact) mass is 482 g/mol. The van der Waals surface area contributed by atoms with Gasteiger partial charge in [-0.3, -0.25) is 14.0 Å². The van der Waals surface area contributed by atoms with Crippen LogP contribution in [0, 0.1) is 34.6 Å². The summed E-state index contributed by atoms with van der Waals surface area (Å²) in [5, 5.41) is 9.99. The number of nitrogens with zero attached hydrogens (tertiary/aromatic N) is 4. The van der Waals surface area contributed by atoms with E-state index in [0.29, 0.717) is 16.3 Å². The third-order valence-electron chi connectivity index (χ3n) is 6.53. The molecule has 3 aromatic carbocycles. The number of fused-ring (bicyclic) bond motifs is 3. The Morgan fingerprint density at radius 2 is 1.51 bits per heavy atom. The standard InChI is InChI=1S/C28H26N4O2S/c1-16-9-8-10-17(2)25(16)32-26(34)21-11-6-7-12-23(21)31-27(32)29-30-28(31)35-15-24(33)22-14-19(4)18(3)13-20(22)5/h6-14H,15H2,1-5H3. The van der Waals surface area contributed by atoms with Gasteiger partial charge in [0, 0.05) is 5.56 Å². The van der Waals surface area contributed by atoms with Crippen molar-refractivity contribution in [2.45, 2.75) is 39.8 Å². The smallest absolute Gasteiger partial charge is 0.267 e. The Hall–Kier alpha value is -3.71. The van der Waals surface area contributed by atoms with Crippen LogP contribution in [0.25, 0.3) is 22.4 Å². The Bertz CT molecular complexity index is 1680. The molecule has 0 unspecified atom stereocenters. The Labute approximate surface area is 207 Å². The number of carbonyl (C=O) groups is 1. The van der Waals surface area contributed by atoms with E-state index in [-0.39, 0.29) is 17.1 Å². The summed E-state index contributed by atoms with van der Waals surface area (Å²) in [6, 6.07) is 17.4. The van der Waals surface area contributed by atoms with E-state index in [1.54, 1.807) is 4.57 Å². The van der Waals surface area contributed by atoms with Crippen molar-refractivity contribution in [1.29, 1.82) is 0 Å². The second-order valence-corrected chi connectivity index (χ2v) is 9.92. The fourth-order valence-corrected chi connectivity index (χ4v) is 5.42. The third-order valence-corrected chi connectivity index (χ3v) is 7.46. The van der Waals surface area contributed by atoms with Gasteiger partial charge >= 0.3 is 0 Å². The largest absolute Gasteiger partial charge is 0.293 e. The van der Waals surface area contributed by atoms with Crippen molar-refractivity contribution < 1.29 is 4.79 Å². The summed E-state index contributed by atoms with van der Waals surface area (Å²) in [4.78, 5) is 26.7. The molecule has 0 aliphatic carbocycles. The van der Waals surface area contributed by atoms with E-state index in [0.717, 1.165) is 39.0 Å². The Morgan fingerprint density at radius 1 is 0.829 bits per heavy atom. The van der Waals surface area contributed by atoms with Gasteiger partial charge in [0.15, 0.2) is 10.9 Å². The molecule has 0 radical (unpaired) electrons. The number of Topliss-reactive ketones (excluding diaryl/α,β-unsaturated/α-hetero) is 1. The second-order valence-electron chi connectivity index (χ2n) is 8.98. The Balaban J connectivity index is 1.65. The summed E-state index contributed by atoms with van der Waals surface area (Å²) in [5.74, 6) is 0.698. The summed E-state index contributed by atoms with van der Waals surface area (Å²) in [6.07, 6.45) is 0. The van der Waals surface area contributed by atoms with E-state index in [4.69, 9.17) is 0 Å². The van der Waals surface area contributed by atoms with Crippen LogP contribution in [0.15, 0.2) is 64.5 Å². The number of aromatic nitrogens is 4. The molecule has 0 aliphatic rings. The van der Waals surface area contributed by atoms with Gasteiger partial charge in [0.25, 0.3) is 5.56 Å². The highest BCUT2D eigenvalue weighted by Gasteiger charge is 2.21. The predicted molar refractivity (Wildman–Crippen MR) is 141 cm³/mol. The second kappa shape index (κ2) is 8.82. The molecule has 7 heteroatoms. The topological polar surface area (TPSA) is 69.3 Å². The van der Waals surface area contributed by atoms with E-state index in [1.807, 2.05) is 80.6 Å². The van der Waals surface area contributed by atoms with Crippen molar-refractivity contribution in [2.75, 3.05) is 5.75 Å². The quantitative estimate of drug-likeness (QED) is 0.243. The molecule has 35 heavy (non-hydrogen) atoms. The molecular weight excluding hydrogens is 456 g/mol. The molecule has 2 aromatic heterocycles. The number of hydrogen-bond acceptors (Lipinski definition) is 5. The van der Waals surface area contributed by atoms with Crippen molar-refractivity contribution in [1.82, 2.24) is 19.2 Å². The van der Waals surface area contributed by atoms with Crippen molar-refractivity contribution in [3.8, 4) is 5.69 Å². The lowest BCUT2D eigenvalue weighted by Gasteiger charge is -2.15. The van der Waals surface area contributed by atoms with Crippen molar-refractivity contribution in [3.05, 3.63) is 98.3 Å². The van der Waals surface area contributed by atoms with Crippen LogP contribution in [0.5, 0.6) is 0 Å². The van der Waals surface area contributed by atoms with E-state index < -0.39 is 0 Å². The summed E-state index contributed by atoms with van der Waals surface area (Å²) in [5.41, 5.74) is 7.30. The Kier molecular flexibility index (Phi) is 5.81. The van der Waals surface area contributed by atoms with Gasteiger partial charge in [-0.2, -0.15) is 0 Å². The molecule has 0 fully saturated rings. The third kappa shape index (κ3) is 3.86. The summed E-state index contributed by atoms with van der Waals surface area (Å²) in [6.45, 7) is 10.00. The van der Waals surface area contributed by atoms with Gasteiger partial charge < -0.3 is 0 Å². The molecule has 0 aliphatic heterocycles. The number of aryl methyl sites for hydroxylation is 5. The zero-order chi connectivity index (χ0) is 24.9. The maximum absolute atomic E-state index is 13.6. The molecule has 0 atom stereocenters. The molecule has 6 nitrogen and oxygen atoms in total. The van der Waals surface area contributed by atoms with Crippen LogP contribution < -0.4 is 5.56 Å². The first-order valence-electron chi connectivity index (χ1n) is 11.5. The van der Waals surface area contributed by atoms with Gasteiger partial charge in [-0.15, -0.1) is 10.2 Å². The van der Waals surface area contributed by atoms with Crippen LogP contribution in [0.2, 0.25) is 0 Å². The lowest BCUT2D eigenvalue weighted by molar-refractivity contribution is 0.102. The SMILES string of the molecule is Cc1cc(C)c(C(=O)CSc2nnc3n(-c4c(C)cccc4C)c(=O)c4ccccc4n23)cc1C. The number of ketones is 1. The zero-order valence-electron chi connectivity index (χ0n) is 20.4. The predicted octanol–water partition coefficient (Wildman–Crippen LogP) is 5.55. The van der Waals surface area contributed by atoms with Crippen LogP contribution in [0.3, 0.4) is 0 Å². The lowest BCUT2D eigenvalue weighted by Crippen LogP contribution is -2.23. The van der Waals surface area contributed by atoms with E-state index in [2.05, 4.69) is 23.2 Å². The highest BCUT2D eigenvalue weighted by atomic mass is 32.2. The normalized spacial score (nSPS) is 11.5. The summed E-state index contributed by atoms with van der Waals surface area (Å²) < 4.78 is 3.52. The van der Waals surface area contributed by atoms with Gasteiger partial charge in [-0.25, -0.2) is 4.57 Å². The minimum absolute atomic E-state index is 0.0414. The van der Waals surface area contributed by atoms with Crippen LogP contribution in [0.1, 0.15) is 38.2 Å². The van der Waals surface area contributed by atoms with Crippen LogP contribution >= 0.6 is 11.8 Å². The highest BCUT2D eigenvalue weighted by Crippen LogP contribution is 2.26. The van der Waals surface area contributed by atoms with E-state index in [1.165, 1.54) is 17.3 Å². The molecule has 176 valence electrons. The van der Waals surface area contributed by atoms with Crippen LogP contribution in [-0.4, -0.2) is 30.7 Å². The first-order chi connectivity index (χ1) is 16.8. The average molecular weight is 483 g/mol. The van der Waals surface area contributed by atoms with Gasteiger partial charge in [0.05, 0.1) is 22.3 Å². The maximum atomic E-state index is 13.6. The summed E-state index contributed by atoms with van der Waals surface area (Å²) >= 11 is 1.34. The maximum Gasteiger partial charge on any atom is 0.267 e. The molecule has 0 amide bonds. The van der Waals surface area contributed by atoms with Gasteiger partial charge in [-0.1, -0.05) is 48.2 Å². The van der Waals surface area contributed by atoms with Crippen molar-refractivity contribution >= 4 is 34.2 Å². The number of thioether (sulfide) groups is 1. The number of para-hydroxylation sites is 2. The zero-order valence-corrected chi connectivity index (χ0v) is 21.2. The fourth-order valence-electron chi connectivity index (χ4n) is 4.60. The van der Waals surface area contributed by atoms with Crippen molar-refractivity contribution in [2.24, 2.45) is 0 Å². The number of carbonyl (C=O) groups excluding carboxylic acids is 1. The number of hydrogen-bond donors (Lipinski definition) is 0. The molecule has 2 heterocycles. The average Bonchev–Trinajstić information content (AvgIpc) is 3.25. The van der Waals surface area contributed by atoms with Gasteiger partial charge in [0.2, 0.25) is 5.78 Å². The molecule has 5 aromatic rings. The first kappa shape index (κ1) is 23.1. The minimum Gasteiger partial charge on any atom is -0.293 e. The van der Waals surface area contributed by atoms with E-state index in [9.17, 15) is 9.59 Å². The summed E-state index contributed by atoms with van der Waals surface area (Å²) in [7, 11) is 0. The number of benzene rings is 3. The number of rotatable bonds is 5. The molecule has 0 saturated heterocycles. The van der Waals surface area contributed by atoms with Gasteiger partial charge in [-0.05, 0) is 80.6 Å². The Morgan fingerprint density at radius 3 is 2.26 bits per heavy atom. The van der Waals surface area contributed by atoms with Gasteiger partial charge in [0.1, 0.15) is 0 Å². The molecule has 0 bridgehead atoms. The fraction of sp³-hybridized carbons (Fsp3) is 0.214. The van der Waals surface area contributed by atoms with Crippen molar-refractivity contribution in [3.63, 3.8) is 0 Å². The molecular formula is C28H26N4O2S. The van der Waals surface area contributed by atoms with E-state index >= 15 is 0 Å². The molecule has 0 N–H and O–H groups in total. The van der Waals surface area contributed by atoms with Crippen LogP contribution in [0.4, 0.5) is 0 Å². The highest BCUT2D eigenvalue weighted by molar-refractivity contribution is 7.99. The molecule has 0 spiro atoms.